The van der Waals surface area contributed by atoms with Crippen molar-refractivity contribution in [2.24, 2.45) is 0 Å². The average molecular weight is 759 g/mol. The highest BCUT2D eigenvalue weighted by Gasteiger charge is 2.62. The molecular weight excluding hydrogens is 703 g/mol. The number of anilines is 4. The van der Waals surface area contributed by atoms with Crippen LogP contribution in [0.15, 0.2) is 101 Å². The largest absolute Gasteiger partial charge is 0.456 e. The summed E-state index contributed by atoms with van der Waals surface area (Å²) in [5.41, 5.74) is 19.0. The molecule has 0 amide bonds. The molecule has 58 heavy (non-hydrogen) atoms. The van der Waals surface area contributed by atoms with Crippen LogP contribution in [-0.2, 0) is 21.7 Å². The van der Waals surface area contributed by atoms with E-state index < -0.39 is 0 Å². The first-order valence-corrected chi connectivity index (χ1v) is 22.1. The third kappa shape index (κ3) is 4.27. The fourth-order valence-electron chi connectivity index (χ4n) is 12.7. The van der Waals surface area contributed by atoms with Gasteiger partial charge in [-0.25, -0.2) is 0 Å². The van der Waals surface area contributed by atoms with Crippen molar-refractivity contribution in [3.63, 3.8) is 0 Å². The highest BCUT2D eigenvalue weighted by molar-refractivity contribution is 6.94. The number of benzene rings is 6. The van der Waals surface area contributed by atoms with E-state index >= 15 is 0 Å². The number of para-hydroxylation sites is 1. The molecule has 4 heteroatoms. The molecule has 5 aliphatic rings. The maximum atomic E-state index is 7.04. The Balaban J connectivity index is 1.25. The van der Waals surface area contributed by atoms with E-state index in [0.717, 1.165) is 11.2 Å². The maximum absolute atomic E-state index is 7.04. The second kappa shape index (κ2) is 11.0. The number of rotatable bonds is 1. The van der Waals surface area contributed by atoms with Crippen LogP contribution in [0.4, 0.5) is 22.7 Å². The molecule has 2 aliphatic carbocycles. The van der Waals surface area contributed by atoms with Gasteiger partial charge in [0, 0.05) is 44.5 Å². The lowest BCUT2D eigenvalue weighted by Crippen LogP contribution is -2.64. The minimum Gasteiger partial charge on any atom is -0.456 e. The van der Waals surface area contributed by atoms with Crippen LogP contribution in [0.3, 0.4) is 0 Å². The molecule has 2 atom stereocenters. The monoisotopic (exact) mass is 758 g/mol. The fraction of sp³-hybridized carbons (Fsp3) is 0.370. The molecule has 1 aromatic heterocycles. The van der Waals surface area contributed by atoms with Crippen molar-refractivity contribution < 1.29 is 4.42 Å². The van der Waals surface area contributed by atoms with Gasteiger partial charge in [-0.3, -0.25) is 0 Å². The summed E-state index contributed by atoms with van der Waals surface area (Å²) >= 11 is 0. The minimum atomic E-state index is -0.0404. The van der Waals surface area contributed by atoms with Crippen molar-refractivity contribution in [2.75, 3.05) is 9.71 Å². The topological polar surface area (TPSA) is 19.6 Å². The molecule has 12 rings (SSSR count). The number of furan rings is 1. The first-order chi connectivity index (χ1) is 27.6. The second-order valence-corrected chi connectivity index (χ2v) is 21.5. The van der Waals surface area contributed by atoms with Gasteiger partial charge in [0.15, 0.2) is 0 Å². The standard InChI is InChI=1S/C54H55BN2O/c1-50(2,3)33-26-41-49-42(27-33)55-48-44(56(49)54(9)22-16-15-21-53(41,54)8)25-32-17-13-14-20-35(32)47(48)38-30-45-37(29-43(38)57(55)34-18-11-10-12-19-34)36-28-39-40(31-46(36)58-45)52(6,7)24-23-51(39,4)5/h10-14,17-20,25-31H,15-16,21-24H2,1-9H3. The molecule has 3 aliphatic heterocycles. The number of nitrogens with zero attached hydrogens (tertiary/aromatic N) is 2. The van der Waals surface area contributed by atoms with E-state index in [-0.39, 0.29) is 34.0 Å². The Morgan fingerprint density at radius 3 is 2.05 bits per heavy atom. The first-order valence-electron chi connectivity index (χ1n) is 22.1. The van der Waals surface area contributed by atoms with Crippen molar-refractivity contribution in [1.29, 1.82) is 0 Å². The summed E-state index contributed by atoms with van der Waals surface area (Å²) in [7, 11) is 0. The molecule has 4 heterocycles. The molecule has 0 spiro atoms. The smallest absolute Gasteiger partial charge is 0.333 e. The van der Waals surface area contributed by atoms with Crippen molar-refractivity contribution in [2.45, 2.75) is 128 Å². The number of fused-ring (bicyclic) bond motifs is 13. The van der Waals surface area contributed by atoms with Crippen LogP contribution in [0.1, 0.15) is 123 Å². The van der Waals surface area contributed by atoms with Crippen molar-refractivity contribution in [3.05, 3.63) is 119 Å². The van der Waals surface area contributed by atoms with Gasteiger partial charge in [-0.15, -0.1) is 0 Å². The zero-order chi connectivity index (χ0) is 39.9. The van der Waals surface area contributed by atoms with E-state index in [2.05, 4.69) is 169 Å². The number of hydrogen-bond donors (Lipinski definition) is 0. The Morgan fingerprint density at radius 1 is 0.621 bits per heavy atom. The van der Waals surface area contributed by atoms with E-state index in [1.54, 1.807) is 5.56 Å². The molecule has 1 fully saturated rings. The van der Waals surface area contributed by atoms with Crippen molar-refractivity contribution >= 4 is 73.2 Å². The Morgan fingerprint density at radius 2 is 1.29 bits per heavy atom. The van der Waals surface area contributed by atoms with Gasteiger partial charge in [0.05, 0.1) is 5.54 Å². The van der Waals surface area contributed by atoms with Crippen LogP contribution in [0, 0.1) is 0 Å². The third-order valence-corrected chi connectivity index (χ3v) is 16.4. The van der Waals surface area contributed by atoms with Crippen molar-refractivity contribution in [3.8, 4) is 11.1 Å². The molecule has 0 N–H and O–H groups in total. The van der Waals surface area contributed by atoms with E-state index in [1.165, 1.54) is 122 Å². The zero-order valence-electron chi connectivity index (χ0n) is 35.9. The molecule has 7 aromatic rings. The summed E-state index contributed by atoms with van der Waals surface area (Å²) in [6.07, 6.45) is 7.31. The van der Waals surface area contributed by atoms with Crippen LogP contribution >= 0.6 is 0 Å². The van der Waals surface area contributed by atoms with E-state index in [4.69, 9.17) is 4.42 Å². The molecule has 0 saturated heterocycles. The maximum Gasteiger partial charge on any atom is 0.333 e. The SMILES string of the molecule is CC(C)(C)c1cc2c3c(c1)C1(C)CCCCC1(C)N3c1cc3ccccc3c3c1B2N(c1ccccc1)c1cc2c(cc1-3)oc1cc3c(cc12)C(C)(C)CCC3(C)C. The Hall–Kier alpha value is -4.96. The summed E-state index contributed by atoms with van der Waals surface area (Å²) in [6, 6.07) is 38.0. The van der Waals surface area contributed by atoms with E-state index in [1.807, 2.05) is 0 Å². The van der Waals surface area contributed by atoms with Gasteiger partial charge in [-0.05, 0) is 141 Å². The lowest BCUT2D eigenvalue weighted by Gasteiger charge is -2.53. The molecule has 2 unspecified atom stereocenters. The molecule has 0 bridgehead atoms. The molecule has 1 saturated carbocycles. The normalized spacial score (nSPS) is 23.5. The molecule has 3 nitrogen and oxygen atoms in total. The fourth-order valence-corrected chi connectivity index (χ4v) is 12.7. The second-order valence-electron chi connectivity index (χ2n) is 21.5. The van der Waals surface area contributed by atoms with Gasteiger partial charge in [0.25, 0.3) is 0 Å². The van der Waals surface area contributed by atoms with Gasteiger partial charge in [-0.2, -0.15) is 0 Å². The predicted octanol–water partition coefficient (Wildman–Crippen LogP) is 13.4. The third-order valence-electron chi connectivity index (χ3n) is 16.4. The zero-order valence-corrected chi connectivity index (χ0v) is 35.9. The average Bonchev–Trinajstić information content (AvgIpc) is 3.65. The van der Waals surface area contributed by atoms with Crippen LogP contribution in [0.5, 0.6) is 0 Å². The van der Waals surface area contributed by atoms with E-state index in [0.29, 0.717) is 0 Å². The summed E-state index contributed by atoms with van der Waals surface area (Å²) in [6.45, 7) is 22.1. The Bertz CT molecular complexity index is 2950. The summed E-state index contributed by atoms with van der Waals surface area (Å²) < 4.78 is 7.04. The lowest BCUT2D eigenvalue weighted by atomic mass is 9.42. The summed E-state index contributed by atoms with van der Waals surface area (Å²) in [5.74, 6) is 0. The summed E-state index contributed by atoms with van der Waals surface area (Å²) in [4.78, 5) is 5.58. The van der Waals surface area contributed by atoms with Gasteiger partial charge in [-0.1, -0.05) is 123 Å². The van der Waals surface area contributed by atoms with Gasteiger partial charge < -0.3 is 14.1 Å². The molecule has 6 aromatic carbocycles. The van der Waals surface area contributed by atoms with Gasteiger partial charge in [0.1, 0.15) is 11.2 Å². The minimum absolute atomic E-state index is 0.000372. The molecular formula is C54H55BN2O. The van der Waals surface area contributed by atoms with E-state index in [9.17, 15) is 0 Å². The lowest BCUT2D eigenvalue weighted by molar-refractivity contribution is 0.195. The van der Waals surface area contributed by atoms with Crippen LogP contribution < -0.4 is 20.6 Å². The van der Waals surface area contributed by atoms with Crippen LogP contribution in [0.2, 0.25) is 0 Å². The Kier molecular flexibility index (Phi) is 6.64. The highest BCUT2D eigenvalue weighted by Crippen LogP contribution is 2.63. The van der Waals surface area contributed by atoms with Gasteiger partial charge in [0.2, 0.25) is 0 Å². The number of hydrogen-bond acceptors (Lipinski definition) is 3. The first kappa shape index (κ1) is 35.0. The molecule has 290 valence electrons. The predicted molar refractivity (Wildman–Crippen MR) is 247 cm³/mol. The van der Waals surface area contributed by atoms with Crippen LogP contribution in [0.25, 0.3) is 43.8 Å². The van der Waals surface area contributed by atoms with Crippen LogP contribution in [-0.4, -0.2) is 12.4 Å². The van der Waals surface area contributed by atoms with Gasteiger partial charge >= 0.3 is 6.85 Å². The summed E-state index contributed by atoms with van der Waals surface area (Å²) in [5, 5.41) is 5.06. The molecule has 0 radical (unpaired) electrons. The van der Waals surface area contributed by atoms with Crippen molar-refractivity contribution in [1.82, 2.24) is 0 Å². The quantitative estimate of drug-likeness (QED) is 0.155. The highest BCUT2D eigenvalue weighted by atomic mass is 16.3. The Labute approximate surface area is 344 Å².